The van der Waals surface area contributed by atoms with Gasteiger partial charge in [0.05, 0.1) is 22.3 Å². The van der Waals surface area contributed by atoms with Crippen LogP contribution in [0.4, 0.5) is 0 Å². The fourth-order valence-corrected chi connectivity index (χ4v) is 5.57. The van der Waals surface area contributed by atoms with Crippen LogP contribution in [-0.4, -0.2) is 26.4 Å². The molecule has 0 N–H and O–H groups in total. The molecule has 0 aliphatic carbocycles. The maximum absolute atomic E-state index is 8.64. The van der Waals surface area contributed by atoms with E-state index >= 15 is 0 Å². The van der Waals surface area contributed by atoms with Crippen molar-refractivity contribution in [2.45, 2.75) is 25.7 Å². The Balaban J connectivity index is 0.000000138. The molecule has 44 heavy (non-hydrogen) atoms. The molecule has 8 rings (SSSR count). The Kier molecular flexibility index (Phi) is 9.94. The van der Waals surface area contributed by atoms with E-state index in [1.807, 2.05) is 0 Å². The van der Waals surface area contributed by atoms with Gasteiger partial charge in [0, 0.05) is 26.4 Å². The molecule has 6 nitrogen and oxygen atoms in total. The molecule has 0 unspecified atom stereocenters. The summed E-state index contributed by atoms with van der Waals surface area (Å²) in [7, 11) is 0. The van der Waals surface area contributed by atoms with Crippen LogP contribution in [-0.2, 0) is 9.47 Å². The molecule has 2 heterocycles. The summed E-state index contributed by atoms with van der Waals surface area (Å²) in [4.78, 5) is 0. The average Bonchev–Trinajstić information content (AvgIpc) is 3.87. The lowest BCUT2D eigenvalue weighted by Gasteiger charge is -2.13. The molecule has 2 aliphatic rings. The van der Waals surface area contributed by atoms with Crippen molar-refractivity contribution in [3.05, 3.63) is 107 Å². The third kappa shape index (κ3) is 6.44. The second-order valence-corrected chi connectivity index (χ2v) is 10.4. The highest BCUT2D eigenvalue weighted by Gasteiger charge is 2.11. The van der Waals surface area contributed by atoms with Crippen molar-refractivity contribution in [2.24, 2.45) is 0 Å². The van der Waals surface area contributed by atoms with Gasteiger partial charge in [0.2, 0.25) is 0 Å². The summed E-state index contributed by atoms with van der Waals surface area (Å²) >= 11 is 0. The first-order chi connectivity index (χ1) is 21.7. The van der Waals surface area contributed by atoms with E-state index in [1.165, 1.54) is 80.9 Å². The van der Waals surface area contributed by atoms with Crippen molar-refractivity contribution in [3.8, 4) is 24.3 Å². The van der Waals surface area contributed by atoms with Crippen LogP contribution in [0, 0.1) is 45.3 Å². The fraction of sp³-hybridized carbons (Fsp3) is 0.211. The molecule has 6 heteroatoms. The minimum Gasteiger partial charge on any atom is -0.381 e. The SMILES string of the molecule is C1CCOC1.C1CCOC1.N#Cc1cc(C#N)c(C#N)cc1C#N.c1cc2cccc3c4cccc5cccc(c(c1)c23)c54. The number of hydrogen-bond donors (Lipinski definition) is 0. The first kappa shape index (κ1) is 30.0. The molecule has 0 amide bonds. The fourth-order valence-electron chi connectivity index (χ4n) is 5.57. The average molecular weight is 575 g/mol. The van der Waals surface area contributed by atoms with Gasteiger partial charge in [0.1, 0.15) is 24.3 Å². The number of fused-ring (bicyclic) bond motifs is 2. The topological polar surface area (TPSA) is 114 Å². The number of ether oxygens (including phenoxy) is 2. The van der Waals surface area contributed by atoms with Gasteiger partial charge in [-0.3, -0.25) is 0 Å². The van der Waals surface area contributed by atoms with Crippen molar-refractivity contribution in [2.75, 3.05) is 26.4 Å². The van der Waals surface area contributed by atoms with Crippen LogP contribution in [0.15, 0.2) is 84.9 Å². The predicted octanol–water partition coefficient (Wildman–Crippen LogP) is 8.50. The monoisotopic (exact) mass is 574 g/mol. The van der Waals surface area contributed by atoms with Crippen LogP contribution < -0.4 is 0 Å². The van der Waals surface area contributed by atoms with Gasteiger partial charge < -0.3 is 9.47 Å². The number of hydrogen-bond acceptors (Lipinski definition) is 6. The molecule has 2 aliphatic heterocycles. The van der Waals surface area contributed by atoms with Gasteiger partial charge in [-0.25, -0.2) is 0 Å². The molecule has 0 spiro atoms. The van der Waals surface area contributed by atoms with Crippen LogP contribution in [0.5, 0.6) is 0 Å². The molecule has 2 fully saturated rings. The molecule has 0 bridgehead atoms. The zero-order valence-electron chi connectivity index (χ0n) is 24.3. The van der Waals surface area contributed by atoms with Crippen LogP contribution >= 0.6 is 0 Å². The van der Waals surface area contributed by atoms with Gasteiger partial charge >= 0.3 is 0 Å². The van der Waals surface area contributed by atoms with E-state index in [4.69, 9.17) is 30.5 Å². The lowest BCUT2D eigenvalue weighted by atomic mass is 9.90. The summed E-state index contributed by atoms with van der Waals surface area (Å²) in [6, 6.07) is 36.1. The quantitative estimate of drug-likeness (QED) is 0.133. The molecule has 0 atom stereocenters. The zero-order chi connectivity index (χ0) is 30.7. The molecular weight excluding hydrogens is 544 g/mol. The van der Waals surface area contributed by atoms with Crippen LogP contribution in [0.1, 0.15) is 47.9 Å². The van der Waals surface area contributed by atoms with E-state index in [-0.39, 0.29) is 22.3 Å². The largest absolute Gasteiger partial charge is 0.381 e. The van der Waals surface area contributed by atoms with Gasteiger partial charge in [-0.05, 0) is 80.9 Å². The highest BCUT2D eigenvalue weighted by atomic mass is 16.5. The molecule has 6 aromatic rings. The van der Waals surface area contributed by atoms with E-state index in [0.29, 0.717) is 0 Å². The summed E-state index contributed by atoms with van der Waals surface area (Å²) in [5, 5.41) is 45.4. The number of nitrogens with zero attached hydrogens (tertiary/aromatic N) is 4. The smallest absolute Gasteiger partial charge is 0.101 e. The van der Waals surface area contributed by atoms with Crippen molar-refractivity contribution in [1.29, 1.82) is 21.0 Å². The lowest BCUT2D eigenvalue weighted by Crippen LogP contribution is -1.90. The number of nitriles is 4. The first-order valence-corrected chi connectivity index (χ1v) is 14.7. The van der Waals surface area contributed by atoms with Crippen LogP contribution in [0.25, 0.3) is 43.1 Å². The molecule has 2 saturated heterocycles. The maximum atomic E-state index is 8.64. The van der Waals surface area contributed by atoms with E-state index in [1.54, 1.807) is 24.3 Å². The van der Waals surface area contributed by atoms with E-state index in [0.717, 1.165) is 26.4 Å². The number of rotatable bonds is 0. The Morgan fingerprint density at radius 1 is 0.409 bits per heavy atom. The Hall–Kier alpha value is -5.50. The Labute approximate surface area is 256 Å². The van der Waals surface area contributed by atoms with Gasteiger partial charge in [-0.2, -0.15) is 21.0 Å². The van der Waals surface area contributed by atoms with Crippen LogP contribution in [0.3, 0.4) is 0 Å². The Morgan fingerprint density at radius 3 is 0.886 bits per heavy atom. The molecular formula is C38H30N4O2. The normalized spacial score (nSPS) is 13.4. The second-order valence-electron chi connectivity index (χ2n) is 10.4. The maximum Gasteiger partial charge on any atom is 0.101 e. The van der Waals surface area contributed by atoms with E-state index in [2.05, 4.69) is 72.8 Å². The highest BCUT2D eigenvalue weighted by Crippen LogP contribution is 2.39. The minimum atomic E-state index is 0.114. The number of benzene rings is 6. The van der Waals surface area contributed by atoms with E-state index in [9.17, 15) is 0 Å². The molecule has 0 radical (unpaired) electrons. The summed E-state index contributed by atoms with van der Waals surface area (Å²) in [5.74, 6) is 0. The summed E-state index contributed by atoms with van der Waals surface area (Å²) in [5.41, 5.74) is 0.456. The first-order valence-electron chi connectivity index (χ1n) is 14.7. The third-order valence-corrected chi connectivity index (χ3v) is 7.68. The molecule has 0 aromatic heterocycles. The Morgan fingerprint density at radius 2 is 0.682 bits per heavy atom. The second kappa shape index (κ2) is 14.6. The predicted molar refractivity (Wildman–Crippen MR) is 173 cm³/mol. The highest BCUT2D eigenvalue weighted by molar-refractivity contribution is 6.32. The third-order valence-electron chi connectivity index (χ3n) is 7.68. The van der Waals surface area contributed by atoms with Crippen molar-refractivity contribution in [3.63, 3.8) is 0 Å². The standard InChI is InChI=1S/C20H12.C10H2N4.2C4H8O/c1-5-13-6-2-11-17-18-12-4-8-14-7-3-10-16(20(14)18)15(9-1)19(13)17;11-3-7-1-8(4-12)10(6-14)2-9(7)5-13;2*1-2-4-5-3-1/h1-12H;1-2H;2*1-4H2. The van der Waals surface area contributed by atoms with Crippen LogP contribution in [0.2, 0.25) is 0 Å². The van der Waals surface area contributed by atoms with Crippen molar-refractivity contribution >= 4 is 43.1 Å². The Bertz CT molecular complexity index is 1790. The molecule has 0 saturated carbocycles. The van der Waals surface area contributed by atoms with Gasteiger partial charge in [0.25, 0.3) is 0 Å². The summed E-state index contributed by atoms with van der Waals surface area (Å²) < 4.78 is 9.89. The van der Waals surface area contributed by atoms with Crippen molar-refractivity contribution < 1.29 is 9.47 Å². The lowest BCUT2D eigenvalue weighted by molar-refractivity contribution is 0.198. The minimum absolute atomic E-state index is 0.114. The molecule has 214 valence electrons. The zero-order valence-corrected chi connectivity index (χ0v) is 24.3. The summed E-state index contributed by atoms with van der Waals surface area (Å²) in [6.45, 7) is 4.00. The summed E-state index contributed by atoms with van der Waals surface area (Å²) in [6.07, 6.45) is 5.11. The molecule has 6 aromatic carbocycles. The van der Waals surface area contributed by atoms with Gasteiger partial charge in [0.15, 0.2) is 0 Å². The van der Waals surface area contributed by atoms with Gasteiger partial charge in [-0.1, -0.05) is 72.8 Å². The van der Waals surface area contributed by atoms with E-state index < -0.39 is 0 Å². The van der Waals surface area contributed by atoms with Gasteiger partial charge in [-0.15, -0.1) is 0 Å². The van der Waals surface area contributed by atoms with Crippen molar-refractivity contribution in [1.82, 2.24) is 0 Å².